The van der Waals surface area contributed by atoms with E-state index in [4.69, 9.17) is 11.5 Å². The molecule has 9 heteroatoms. The minimum Gasteiger partial charge on any atom is -0.545 e. The summed E-state index contributed by atoms with van der Waals surface area (Å²) in [5.74, 6) is -5.13. The molecule has 1 aromatic carbocycles. The first kappa shape index (κ1) is 22.2. The van der Waals surface area contributed by atoms with Crippen LogP contribution in [0.4, 0.5) is 0 Å². The average Bonchev–Trinajstić information content (AvgIpc) is 2.50. The van der Waals surface area contributed by atoms with Crippen molar-refractivity contribution in [1.29, 1.82) is 0 Å². The average molecular weight is 517 g/mol. The fraction of sp³-hybridized carbons (Fsp3) is 0.400. The first-order chi connectivity index (χ1) is 10.7. The van der Waals surface area contributed by atoms with Gasteiger partial charge in [0.2, 0.25) is 0 Å². The second-order valence-corrected chi connectivity index (χ2v) is 5.23. The van der Waals surface area contributed by atoms with E-state index in [0.717, 1.165) is 25.0 Å². The Morgan fingerprint density at radius 2 is 1.33 bits per heavy atom. The number of carboxylic acids is 3. The molecule has 0 unspecified atom stereocenters. The largest absolute Gasteiger partial charge is 2.00 e. The maximum absolute atomic E-state index is 10.5. The summed E-state index contributed by atoms with van der Waals surface area (Å²) in [5, 5.41) is 31.3. The minimum atomic E-state index is -1.79. The normalized spacial score (nSPS) is 19.2. The molecule has 1 aromatic rings. The van der Waals surface area contributed by atoms with E-state index >= 15 is 0 Å². The maximum atomic E-state index is 10.5. The van der Waals surface area contributed by atoms with Crippen LogP contribution < -0.4 is 26.8 Å². The molecule has 24 heavy (non-hydrogen) atoms. The van der Waals surface area contributed by atoms with Gasteiger partial charge in [0.05, 0.1) is 17.9 Å². The van der Waals surface area contributed by atoms with Gasteiger partial charge >= 0.3 is 22.5 Å². The van der Waals surface area contributed by atoms with Crippen molar-refractivity contribution in [1.82, 2.24) is 0 Å². The Morgan fingerprint density at radius 1 is 0.875 bits per heavy atom. The number of benzene rings is 1. The molecule has 0 saturated heterocycles. The van der Waals surface area contributed by atoms with Gasteiger partial charge in [-0.25, -0.2) is 0 Å². The van der Waals surface area contributed by atoms with Crippen LogP contribution in [0, 0.1) is 0 Å². The zero-order valence-corrected chi connectivity index (χ0v) is 14.9. The first-order valence-electron chi connectivity index (χ1n) is 7.03. The molecule has 0 aliphatic heterocycles. The molecule has 0 aromatic heterocycles. The molecule has 2 rings (SSSR count). The van der Waals surface area contributed by atoms with Gasteiger partial charge in [-0.1, -0.05) is 25.0 Å². The zero-order valence-electron chi connectivity index (χ0n) is 13.6. The minimum absolute atomic E-state index is 0. The molecular formula is C15H18N2O6Pt. The number of carboxylic acid groups (broad SMARTS) is 3. The number of carbonyl (C=O) groups is 3. The first-order valence-corrected chi connectivity index (χ1v) is 7.03. The molecule has 0 radical (unpaired) electrons. The van der Waals surface area contributed by atoms with E-state index in [1.54, 1.807) is 0 Å². The molecule has 1 aliphatic rings. The monoisotopic (exact) mass is 517 g/mol. The van der Waals surface area contributed by atoms with Gasteiger partial charge in [0.15, 0.2) is 0 Å². The molecule has 0 amide bonds. The molecule has 4 N–H and O–H groups in total. The third-order valence-electron chi connectivity index (χ3n) is 3.57. The molecule has 1 saturated carbocycles. The van der Waals surface area contributed by atoms with Gasteiger partial charge in [0.25, 0.3) is 0 Å². The Morgan fingerprint density at radius 3 is 1.67 bits per heavy atom. The van der Waals surface area contributed by atoms with Crippen molar-refractivity contribution in [2.75, 3.05) is 0 Å². The summed E-state index contributed by atoms with van der Waals surface area (Å²) in [6.07, 6.45) is 4.80. The van der Waals surface area contributed by atoms with Crippen LogP contribution in [-0.4, -0.2) is 30.0 Å². The van der Waals surface area contributed by atoms with Gasteiger partial charge < -0.3 is 41.2 Å². The predicted molar refractivity (Wildman–Crippen MR) is 75.0 cm³/mol. The van der Waals surface area contributed by atoms with Crippen LogP contribution >= 0.6 is 0 Å². The third-order valence-corrected chi connectivity index (χ3v) is 3.57. The molecule has 0 spiro atoms. The molecular weight excluding hydrogens is 499 g/mol. The molecule has 134 valence electrons. The summed E-state index contributed by atoms with van der Waals surface area (Å²) in [7, 11) is 0. The van der Waals surface area contributed by atoms with Gasteiger partial charge in [-0.05, 0) is 24.5 Å². The van der Waals surface area contributed by atoms with Crippen LogP contribution in [0.1, 0.15) is 58.2 Å². The standard InChI is InChI=1S/C9H6O6.C6H14N2.Pt/c10-7(11)4-1-2-5(8(12)13)6(3-4)9(14)15;7-5-3-1-2-4-6(5)8;/h1-3H,(H,10,11)(H,12,13)(H,14,15);5-6H,1-4,7-8H2;/q;;+2/p-2/t;5-,6-;/m.1./s1. The SMILES string of the molecule is N[C@@H]1CCCC[C@H]1N.O=C([O-])c1ccc(C(=O)[O-])c(C(=O)[O-])c1.[H+].[Pt+2]. The summed E-state index contributed by atoms with van der Waals surface area (Å²) in [5.41, 5.74) is 9.47. The van der Waals surface area contributed by atoms with E-state index < -0.39 is 34.6 Å². The molecule has 8 nitrogen and oxygen atoms in total. The number of hydrogen-bond donors (Lipinski definition) is 2. The summed E-state index contributed by atoms with van der Waals surface area (Å²) in [4.78, 5) is 31.3. The van der Waals surface area contributed by atoms with Gasteiger partial charge in [0, 0.05) is 23.2 Å². The van der Waals surface area contributed by atoms with Crippen LogP contribution in [0.3, 0.4) is 0 Å². The van der Waals surface area contributed by atoms with E-state index in [1.807, 2.05) is 0 Å². The zero-order chi connectivity index (χ0) is 17.6. The van der Waals surface area contributed by atoms with Crippen LogP contribution in [-0.2, 0) is 21.1 Å². The second kappa shape index (κ2) is 10.2. The van der Waals surface area contributed by atoms with Gasteiger partial charge in [-0.2, -0.15) is 0 Å². The maximum Gasteiger partial charge on any atom is 2.00 e. The van der Waals surface area contributed by atoms with Crippen molar-refractivity contribution in [3.05, 3.63) is 34.9 Å². The van der Waals surface area contributed by atoms with E-state index in [1.165, 1.54) is 12.8 Å². The Labute approximate surface area is 154 Å². The Hall–Kier alpha value is -1.76. The molecule has 0 bridgehead atoms. The van der Waals surface area contributed by atoms with Gasteiger partial charge in [-0.15, -0.1) is 0 Å². The topological polar surface area (TPSA) is 172 Å². The quantitative estimate of drug-likeness (QED) is 0.430. The molecule has 0 heterocycles. The second-order valence-electron chi connectivity index (χ2n) is 5.23. The third kappa shape index (κ3) is 6.39. The van der Waals surface area contributed by atoms with Crippen molar-refractivity contribution in [2.45, 2.75) is 37.8 Å². The van der Waals surface area contributed by atoms with Crippen molar-refractivity contribution < 1.29 is 52.2 Å². The summed E-state index contributed by atoms with van der Waals surface area (Å²) >= 11 is 0. The van der Waals surface area contributed by atoms with Gasteiger partial charge in [-0.3, -0.25) is 0 Å². The Kier molecular flexibility index (Phi) is 9.43. The fourth-order valence-corrected chi connectivity index (χ4v) is 2.21. The number of hydrogen-bond acceptors (Lipinski definition) is 8. The Balaban J connectivity index is 0. The van der Waals surface area contributed by atoms with Crippen LogP contribution in [0.2, 0.25) is 0 Å². The molecule has 1 fully saturated rings. The van der Waals surface area contributed by atoms with Crippen molar-refractivity contribution in [3.8, 4) is 0 Å². The van der Waals surface area contributed by atoms with Gasteiger partial charge in [0.1, 0.15) is 0 Å². The number of aromatic carboxylic acids is 3. The van der Waals surface area contributed by atoms with E-state index in [9.17, 15) is 29.7 Å². The molecule has 1 aliphatic carbocycles. The summed E-state index contributed by atoms with van der Waals surface area (Å²) in [6, 6.07) is 2.93. The predicted octanol–water partition coefficient (Wildman–Crippen LogP) is -2.90. The smallest absolute Gasteiger partial charge is 0.545 e. The number of rotatable bonds is 3. The van der Waals surface area contributed by atoms with E-state index in [-0.39, 0.29) is 34.6 Å². The summed E-state index contributed by atoms with van der Waals surface area (Å²) < 4.78 is 0. The van der Waals surface area contributed by atoms with E-state index in [0.29, 0.717) is 6.07 Å². The van der Waals surface area contributed by atoms with Crippen molar-refractivity contribution in [2.24, 2.45) is 11.5 Å². The van der Waals surface area contributed by atoms with Crippen molar-refractivity contribution >= 4 is 17.9 Å². The summed E-state index contributed by atoms with van der Waals surface area (Å²) in [6.45, 7) is 0. The fourth-order valence-electron chi connectivity index (χ4n) is 2.21. The molecule has 2 atom stereocenters. The number of carbonyl (C=O) groups excluding carboxylic acids is 3. The van der Waals surface area contributed by atoms with Crippen LogP contribution in [0.5, 0.6) is 0 Å². The van der Waals surface area contributed by atoms with Crippen LogP contribution in [0.25, 0.3) is 0 Å². The van der Waals surface area contributed by atoms with Crippen LogP contribution in [0.15, 0.2) is 18.2 Å². The van der Waals surface area contributed by atoms with E-state index in [2.05, 4.69) is 0 Å². The Bertz CT molecular complexity index is 604. The number of nitrogens with two attached hydrogens (primary N) is 2. The van der Waals surface area contributed by atoms with Crippen molar-refractivity contribution in [3.63, 3.8) is 0 Å².